The van der Waals surface area contributed by atoms with Gasteiger partial charge in [-0.3, -0.25) is 4.79 Å². The number of nitrogens with zero attached hydrogens (tertiary/aromatic N) is 1. The van der Waals surface area contributed by atoms with Gasteiger partial charge >= 0.3 is 0 Å². The van der Waals surface area contributed by atoms with Crippen molar-refractivity contribution in [1.29, 1.82) is 0 Å². The predicted octanol–water partition coefficient (Wildman–Crippen LogP) is 2.11. The average molecular weight is 197 g/mol. The minimum atomic E-state index is 0. The fourth-order valence-electron chi connectivity index (χ4n) is 1.19. The Balaban J connectivity index is 0.000000845. The maximum absolute atomic E-state index is 10.4. The van der Waals surface area contributed by atoms with Crippen LogP contribution in [0.3, 0.4) is 0 Å². The van der Waals surface area contributed by atoms with Gasteiger partial charge in [0.15, 0.2) is 12.1 Å². The summed E-state index contributed by atoms with van der Waals surface area (Å²) in [5, 5.41) is 0. The van der Waals surface area contributed by atoms with Crippen LogP contribution in [0.1, 0.15) is 16.2 Å². The Labute approximate surface area is 81.6 Å². The molecular weight excluding hydrogens is 188 g/mol. The van der Waals surface area contributed by atoms with Crippen LogP contribution in [0, 0.1) is 6.92 Å². The fraction of sp³-hybridized carbons (Fsp3) is 0.111. The highest BCUT2D eigenvalue weighted by atomic mass is 35.5. The molecular formula is C9H9ClN2O. The van der Waals surface area contributed by atoms with Gasteiger partial charge in [-0.25, -0.2) is 4.98 Å². The molecule has 0 saturated carbocycles. The van der Waals surface area contributed by atoms with E-state index in [0.717, 1.165) is 22.9 Å². The number of carbonyl (C=O) groups excluding carboxylic acids is 1. The van der Waals surface area contributed by atoms with Gasteiger partial charge in [-0.1, -0.05) is 6.07 Å². The van der Waals surface area contributed by atoms with E-state index in [2.05, 4.69) is 9.97 Å². The second-order valence-electron chi connectivity index (χ2n) is 2.76. The summed E-state index contributed by atoms with van der Waals surface area (Å²) in [7, 11) is 0. The summed E-state index contributed by atoms with van der Waals surface area (Å²) in [6.07, 6.45) is 0.718. The maximum atomic E-state index is 10.4. The highest BCUT2D eigenvalue weighted by Gasteiger charge is 1.99. The number of hydrogen-bond acceptors (Lipinski definition) is 2. The van der Waals surface area contributed by atoms with Gasteiger partial charge in [-0.2, -0.15) is 0 Å². The van der Waals surface area contributed by atoms with Crippen molar-refractivity contribution < 1.29 is 4.79 Å². The van der Waals surface area contributed by atoms with E-state index in [1.807, 2.05) is 25.1 Å². The van der Waals surface area contributed by atoms with Gasteiger partial charge < -0.3 is 4.98 Å². The first kappa shape index (κ1) is 9.74. The van der Waals surface area contributed by atoms with E-state index < -0.39 is 0 Å². The predicted molar refractivity (Wildman–Crippen MR) is 53.5 cm³/mol. The zero-order valence-electron chi connectivity index (χ0n) is 7.07. The van der Waals surface area contributed by atoms with Crippen molar-refractivity contribution in [2.24, 2.45) is 0 Å². The van der Waals surface area contributed by atoms with Crippen molar-refractivity contribution >= 4 is 29.7 Å². The summed E-state index contributed by atoms with van der Waals surface area (Å²) < 4.78 is 0. The Morgan fingerprint density at radius 2 is 2.23 bits per heavy atom. The number of rotatable bonds is 1. The van der Waals surface area contributed by atoms with Crippen LogP contribution in [-0.2, 0) is 0 Å². The molecule has 0 unspecified atom stereocenters. The summed E-state index contributed by atoms with van der Waals surface area (Å²) >= 11 is 0. The first-order valence-corrected chi connectivity index (χ1v) is 3.71. The molecule has 0 spiro atoms. The molecule has 0 atom stereocenters. The molecule has 0 saturated heterocycles. The zero-order valence-corrected chi connectivity index (χ0v) is 7.89. The van der Waals surface area contributed by atoms with Crippen molar-refractivity contribution in [3.05, 3.63) is 29.6 Å². The number of halogens is 1. The van der Waals surface area contributed by atoms with Crippen LogP contribution in [0.4, 0.5) is 0 Å². The quantitative estimate of drug-likeness (QED) is 0.710. The molecule has 1 aromatic heterocycles. The van der Waals surface area contributed by atoms with Crippen molar-refractivity contribution in [2.45, 2.75) is 6.92 Å². The number of aromatic amines is 1. The van der Waals surface area contributed by atoms with Crippen molar-refractivity contribution in [1.82, 2.24) is 9.97 Å². The summed E-state index contributed by atoms with van der Waals surface area (Å²) in [5.74, 6) is 0.385. The van der Waals surface area contributed by atoms with Crippen LogP contribution in [0.25, 0.3) is 11.0 Å². The van der Waals surface area contributed by atoms with Crippen LogP contribution in [0.5, 0.6) is 0 Å². The Kier molecular flexibility index (Phi) is 2.68. The van der Waals surface area contributed by atoms with Crippen LogP contribution >= 0.6 is 12.4 Å². The summed E-state index contributed by atoms with van der Waals surface area (Å²) in [6, 6.07) is 5.85. The van der Waals surface area contributed by atoms with Crippen LogP contribution in [0.15, 0.2) is 18.2 Å². The Hall–Kier alpha value is -1.35. The van der Waals surface area contributed by atoms with Gasteiger partial charge in [0, 0.05) is 0 Å². The zero-order chi connectivity index (χ0) is 8.55. The van der Waals surface area contributed by atoms with E-state index in [0.29, 0.717) is 5.82 Å². The molecule has 2 rings (SSSR count). The number of H-pyrrole nitrogens is 1. The number of imidazole rings is 1. The van der Waals surface area contributed by atoms with E-state index >= 15 is 0 Å². The van der Waals surface area contributed by atoms with E-state index in [9.17, 15) is 4.79 Å². The van der Waals surface area contributed by atoms with Gasteiger partial charge in [0.1, 0.15) is 0 Å². The second-order valence-corrected chi connectivity index (χ2v) is 2.76. The molecule has 4 heteroatoms. The standard InChI is InChI=1S/C9H8N2O.ClH/c1-6-2-3-7-8(4-6)11-9(5-12)10-7;/h2-5H,1H3,(H,10,11);1H. The third-order valence-electron chi connectivity index (χ3n) is 1.77. The lowest BCUT2D eigenvalue weighted by Crippen LogP contribution is -1.78. The number of benzene rings is 1. The molecule has 0 amide bonds. The summed E-state index contributed by atoms with van der Waals surface area (Å²) in [4.78, 5) is 17.3. The first-order valence-electron chi connectivity index (χ1n) is 3.71. The molecule has 0 radical (unpaired) electrons. The van der Waals surface area contributed by atoms with Crippen molar-refractivity contribution in [2.75, 3.05) is 0 Å². The Morgan fingerprint density at radius 1 is 1.46 bits per heavy atom. The molecule has 1 aromatic carbocycles. The van der Waals surface area contributed by atoms with Crippen LogP contribution < -0.4 is 0 Å². The van der Waals surface area contributed by atoms with E-state index in [-0.39, 0.29) is 12.4 Å². The Morgan fingerprint density at radius 3 is 2.92 bits per heavy atom. The molecule has 0 bridgehead atoms. The number of fused-ring (bicyclic) bond motifs is 1. The molecule has 2 aromatic rings. The van der Waals surface area contributed by atoms with E-state index in [1.54, 1.807) is 0 Å². The molecule has 0 fully saturated rings. The second kappa shape index (κ2) is 3.58. The smallest absolute Gasteiger partial charge is 0.185 e. The van der Waals surface area contributed by atoms with E-state index in [1.165, 1.54) is 0 Å². The van der Waals surface area contributed by atoms with Crippen LogP contribution in [0.2, 0.25) is 0 Å². The highest BCUT2D eigenvalue weighted by molar-refractivity contribution is 5.85. The normalized spacial score (nSPS) is 9.62. The number of aromatic nitrogens is 2. The topological polar surface area (TPSA) is 45.8 Å². The Bertz CT molecular complexity index is 436. The van der Waals surface area contributed by atoms with Gasteiger partial charge in [0.05, 0.1) is 11.0 Å². The fourth-order valence-corrected chi connectivity index (χ4v) is 1.19. The number of nitrogens with one attached hydrogen (secondary N) is 1. The number of carbonyl (C=O) groups is 1. The van der Waals surface area contributed by atoms with E-state index in [4.69, 9.17) is 0 Å². The molecule has 3 nitrogen and oxygen atoms in total. The molecule has 0 aliphatic carbocycles. The molecule has 1 N–H and O–H groups in total. The molecule has 13 heavy (non-hydrogen) atoms. The lowest BCUT2D eigenvalue weighted by Gasteiger charge is -1.88. The number of aldehydes is 1. The van der Waals surface area contributed by atoms with Crippen LogP contribution in [-0.4, -0.2) is 16.3 Å². The lowest BCUT2D eigenvalue weighted by molar-refractivity contribution is 0.111. The van der Waals surface area contributed by atoms with Crippen molar-refractivity contribution in [3.63, 3.8) is 0 Å². The van der Waals surface area contributed by atoms with Gasteiger partial charge in [-0.05, 0) is 24.6 Å². The summed E-state index contributed by atoms with van der Waals surface area (Å²) in [5.41, 5.74) is 2.89. The SMILES string of the molecule is Cc1ccc2[nH]c(C=O)nc2c1.Cl. The number of aryl methyl sites for hydroxylation is 1. The van der Waals surface area contributed by atoms with Gasteiger partial charge in [-0.15, -0.1) is 12.4 Å². The molecule has 0 aliphatic rings. The third kappa shape index (κ3) is 1.70. The largest absolute Gasteiger partial charge is 0.336 e. The first-order chi connectivity index (χ1) is 5.79. The maximum Gasteiger partial charge on any atom is 0.185 e. The average Bonchev–Trinajstić information content (AvgIpc) is 2.46. The minimum absolute atomic E-state index is 0. The molecule has 0 aliphatic heterocycles. The highest BCUT2D eigenvalue weighted by Crippen LogP contribution is 2.11. The van der Waals surface area contributed by atoms with Gasteiger partial charge in [0.25, 0.3) is 0 Å². The minimum Gasteiger partial charge on any atom is -0.336 e. The molecule has 1 heterocycles. The third-order valence-corrected chi connectivity index (χ3v) is 1.77. The number of hydrogen-bond donors (Lipinski definition) is 1. The van der Waals surface area contributed by atoms with Gasteiger partial charge in [0.2, 0.25) is 0 Å². The molecule has 68 valence electrons. The summed E-state index contributed by atoms with van der Waals surface area (Å²) in [6.45, 7) is 1.99. The van der Waals surface area contributed by atoms with Crippen molar-refractivity contribution in [3.8, 4) is 0 Å². The monoisotopic (exact) mass is 196 g/mol. The lowest BCUT2D eigenvalue weighted by atomic mass is 10.2.